The Balaban J connectivity index is 0.00000361. The van der Waals surface area contributed by atoms with Gasteiger partial charge in [0.2, 0.25) is 0 Å². The molecule has 0 unspecified atom stereocenters. The van der Waals surface area contributed by atoms with E-state index in [2.05, 4.69) is 48.2 Å². The summed E-state index contributed by atoms with van der Waals surface area (Å²) in [5.74, 6) is 1.50. The number of halogens is 1. The van der Waals surface area contributed by atoms with Crippen LogP contribution in [0.3, 0.4) is 0 Å². The van der Waals surface area contributed by atoms with Crippen LogP contribution < -0.4 is 10.6 Å². The Morgan fingerprint density at radius 2 is 1.85 bits per heavy atom. The van der Waals surface area contributed by atoms with Gasteiger partial charge in [0.05, 0.1) is 13.2 Å². The molecule has 6 heteroatoms. The molecule has 0 aliphatic carbocycles. The molecule has 0 bridgehead atoms. The van der Waals surface area contributed by atoms with Crippen LogP contribution in [0.15, 0.2) is 4.99 Å². The van der Waals surface area contributed by atoms with Crippen LogP contribution in [0.25, 0.3) is 0 Å². The first-order valence-electron chi connectivity index (χ1n) is 7.23. The maximum absolute atomic E-state index is 5.41. The number of nitrogens with zero attached hydrogens (tertiary/aromatic N) is 2. The minimum Gasteiger partial charge on any atom is -0.379 e. The van der Waals surface area contributed by atoms with E-state index >= 15 is 0 Å². The van der Waals surface area contributed by atoms with E-state index in [1.54, 1.807) is 0 Å². The second kappa shape index (κ2) is 9.78. The molecule has 0 saturated carbocycles. The standard InChI is InChI=1S/C14H30N4O.HI/c1-12(2)10-16-13(15-5)17-11-14(3,4)18-6-8-19-9-7-18;/h12H,6-11H2,1-5H3,(H2,15,16,17);1H. The normalized spacial score (nSPS) is 17.8. The zero-order valence-electron chi connectivity index (χ0n) is 13.5. The molecule has 0 aromatic carbocycles. The predicted molar refractivity (Wildman–Crippen MR) is 96.1 cm³/mol. The van der Waals surface area contributed by atoms with Crippen molar-refractivity contribution in [2.45, 2.75) is 33.2 Å². The molecule has 0 amide bonds. The average molecular weight is 398 g/mol. The van der Waals surface area contributed by atoms with E-state index in [0.717, 1.165) is 45.4 Å². The summed E-state index contributed by atoms with van der Waals surface area (Å²) < 4.78 is 5.41. The third-order valence-corrected chi connectivity index (χ3v) is 3.46. The Morgan fingerprint density at radius 1 is 1.25 bits per heavy atom. The van der Waals surface area contributed by atoms with Crippen LogP contribution in [0, 0.1) is 5.92 Å². The SMILES string of the molecule is CN=C(NCC(C)C)NCC(C)(C)N1CCOCC1.I. The van der Waals surface area contributed by atoms with Crippen LogP contribution >= 0.6 is 24.0 Å². The summed E-state index contributed by atoms with van der Waals surface area (Å²) in [6, 6.07) is 0. The molecule has 2 N–H and O–H groups in total. The summed E-state index contributed by atoms with van der Waals surface area (Å²) >= 11 is 0. The smallest absolute Gasteiger partial charge is 0.191 e. The van der Waals surface area contributed by atoms with Crippen molar-refractivity contribution in [2.75, 3.05) is 46.4 Å². The van der Waals surface area contributed by atoms with Gasteiger partial charge in [-0.1, -0.05) is 13.8 Å². The summed E-state index contributed by atoms with van der Waals surface area (Å²) in [6.45, 7) is 14.4. The third-order valence-electron chi connectivity index (χ3n) is 3.46. The summed E-state index contributed by atoms with van der Waals surface area (Å²) in [5, 5.41) is 6.76. The van der Waals surface area contributed by atoms with Gasteiger partial charge in [-0.3, -0.25) is 9.89 Å². The molecule has 1 aliphatic rings. The fraction of sp³-hybridized carbons (Fsp3) is 0.929. The van der Waals surface area contributed by atoms with Gasteiger partial charge in [-0.2, -0.15) is 0 Å². The predicted octanol–water partition coefficient (Wildman–Crippen LogP) is 1.54. The van der Waals surface area contributed by atoms with E-state index in [4.69, 9.17) is 4.74 Å². The lowest BCUT2D eigenvalue weighted by Crippen LogP contribution is -2.56. The number of morpholine rings is 1. The lowest BCUT2D eigenvalue weighted by molar-refractivity contribution is -0.00834. The first kappa shape index (κ1) is 19.9. The van der Waals surface area contributed by atoms with Crippen LogP contribution in [0.2, 0.25) is 0 Å². The number of nitrogens with one attached hydrogen (secondary N) is 2. The average Bonchev–Trinajstić information content (AvgIpc) is 2.39. The van der Waals surface area contributed by atoms with Crippen LogP contribution in [-0.2, 0) is 4.74 Å². The quantitative estimate of drug-likeness (QED) is 0.419. The van der Waals surface area contributed by atoms with Crippen molar-refractivity contribution in [2.24, 2.45) is 10.9 Å². The summed E-state index contributed by atoms with van der Waals surface area (Å²) in [4.78, 5) is 6.73. The van der Waals surface area contributed by atoms with Gasteiger partial charge in [-0.05, 0) is 19.8 Å². The van der Waals surface area contributed by atoms with E-state index in [9.17, 15) is 0 Å². The van der Waals surface area contributed by atoms with Gasteiger partial charge in [-0.15, -0.1) is 24.0 Å². The van der Waals surface area contributed by atoms with Crippen LogP contribution in [0.1, 0.15) is 27.7 Å². The molecule has 20 heavy (non-hydrogen) atoms. The Morgan fingerprint density at radius 3 is 2.35 bits per heavy atom. The molecule has 0 atom stereocenters. The van der Waals surface area contributed by atoms with E-state index in [1.807, 2.05) is 7.05 Å². The Labute approximate surface area is 140 Å². The molecule has 120 valence electrons. The van der Waals surface area contributed by atoms with Gasteiger partial charge < -0.3 is 15.4 Å². The fourth-order valence-corrected chi connectivity index (χ4v) is 2.10. The van der Waals surface area contributed by atoms with Gasteiger partial charge >= 0.3 is 0 Å². The van der Waals surface area contributed by atoms with Gasteiger partial charge in [-0.25, -0.2) is 0 Å². The number of aliphatic imine (C=N–C) groups is 1. The molecule has 1 fully saturated rings. The molecule has 0 aromatic rings. The third kappa shape index (κ3) is 7.08. The van der Waals surface area contributed by atoms with Crippen molar-refractivity contribution in [3.8, 4) is 0 Å². The zero-order valence-corrected chi connectivity index (χ0v) is 15.9. The Bertz CT molecular complexity index is 289. The van der Waals surface area contributed by atoms with Crippen LogP contribution in [0.4, 0.5) is 0 Å². The minimum absolute atomic E-state index is 0. The van der Waals surface area contributed by atoms with E-state index in [1.165, 1.54) is 0 Å². The van der Waals surface area contributed by atoms with Gasteiger partial charge in [0, 0.05) is 38.8 Å². The van der Waals surface area contributed by atoms with Crippen LogP contribution in [-0.4, -0.2) is 62.8 Å². The number of guanidine groups is 1. The van der Waals surface area contributed by atoms with Gasteiger partial charge in [0.15, 0.2) is 5.96 Å². The maximum Gasteiger partial charge on any atom is 0.191 e. The molecule has 1 saturated heterocycles. The van der Waals surface area contributed by atoms with Crippen molar-refractivity contribution in [3.63, 3.8) is 0 Å². The van der Waals surface area contributed by atoms with Crippen molar-refractivity contribution < 1.29 is 4.74 Å². The van der Waals surface area contributed by atoms with E-state index in [-0.39, 0.29) is 29.5 Å². The summed E-state index contributed by atoms with van der Waals surface area (Å²) in [6.07, 6.45) is 0. The van der Waals surface area contributed by atoms with Gasteiger partial charge in [0.25, 0.3) is 0 Å². The number of hydrogen-bond donors (Lipinski definition) is 2. The Hall–Kier alpha value is -0.0800. The van der Waals surface area contributed by atoms with Crippen molar-refractivity contribution >= 4 is 29.9 Å². The molecule has 1 aliphatic heterocycles. The van der Waals surface area contributed by atoms with Crippen molar-refractivity contribution in [3.05, 3.63) is 0 Å². The lowest BCUT2D eigenvalue weighted by Gasteiger charge is -2.41. The highest BCUT2D eigenvalue weighted by molar-refractivity contribution is 14.0. The lowest BCUT2D eigenvalue weighted by atomic mass is 10.0. The van der Waals surface area contributed by atoms with Crippen LogP contribution in [0.5, 0.6) is 0 Å². The molecular formula is C14H31IN4O. The van der Waals surface area contributed by atoms with Crippen molar-refractivity contribution in [1.29, 1.82) is 0 Å². The molecule has 1 heterocycles. The Kier molecular flexibility index (Phi) is 9.74. The second-order valence-electron chi connectivity index (χ2n) is 6.11. The highest BCUT2D eigenvalue weighted by Gasteiger charge is 2.28. The monoisotopic (exact) mass is 398 g/mol. The second-order valence-corrected chi connectivity index (χ2v) is 6.11. The topological polar surface area (TPSA) is 48.9 Å². The largest absolute Gasteiger partial charge is 0.379 e. The first-order chi connectivity index (χ1) is 8.95. The van der Waals surface area contributed by atoms with E-state index in [0.29, 0.717) is 5.92 Å². The summed E-state index contributed by atoms with van der Waals surface area (Å²) in [7, 11) is 1.82. The number of rotatable bonds is 5. The van der Waals surface area contributed by atoms with Crippen molar-refractivity contribution in [1.82, 2.24) is 15.5 Å². The van der Waals surface area contributed by atoms with Gasteiger partial charge in [0.1, 0.15) is 0 Å². The molecule has 5 nitrogen and oxygen atoms in total. The fourth-order valence-electron chi connectivity index (χ4n) is 2.10. The molecule has 0 aromatic heterocycles. The molecule has 0 radical (unpaired) electrons. The van der Waals surface area contributed by atoms with E-state index < -0.39 is 0 Å². The highest BCUT2D eigenvalue weighted by Crippen LogP contribution is 2.14. The molecular weight excluding hydrogens is 367 g/mol. The number of hydrogen-bond acceptors (Lipinski definition) is 3. The first-order valence-corrected chi connectivity index (χ1v) is 7.23. The molecule has 0 spiro atoms. The highest BCUT2D eigenvalue weighted by atomic mass is 127. The summed E-state index contributed by atoms with van der Waals surface area (Å²) in [5.41, 5.74) is 0.110. The minimum atomic E-state index is 0. The zero-order chi connectivity index (χ0) is 14.3. The number of ether oxygens (including phenoxy) is 1. The molecule has 1 rings (SSSR count). The maximum atomic E-state index is 5.41.